The number of nitrogens with one attached hydrogen (secondary N) is 1. The Labute approximate surface area is 117 Å². The maximum atomic E-state index is 3.68. The number of para-hydroxylation sites is 1. The molecule has 0 atom stereocenters. The quantitative estimate of drug-likeness (QED) is 0.872. The van der Waals surface area contributed by atoms with Crippen molar-refractivity contribution in [2.75, 3.05) is 24.5 Å². The highest BCUT2D eigenvalue weighted by Gasteiger charge is 2.28. The summed E-state index contributed by atoms with van der Waals surface area (Å²) in [5.74, 6) is 0. The molecule has 3 rings (SSSR count). The van der Waals surface area contributed by atoms with E-state index in [-0.39, 0.29) is 0 Å². The number of nitrogens with zero attached hydrogens (tertiary/aromatic N) is 1. The Hall–Kier alpha value is -1.02. The molecule has 19 heavy (non-hydrogen) atoms. The van der Waals surface area contributed by atoms with Crippen LogP contribution in [-0.4, -0.2) is 25.7 Å². The zero-order valence-corrected chi connectivity index (χ0v) is 12.3. The van der Waals surface area contributed by atoms with Crippen molar-refractivity contribution in [2.24, 2.45) is 5.41 Å². The van der Waals surface area contributed by atoms with Crippen molar-refractivity contribution in [2.45, 2.75) is 45.6 Å². The van der Waals surface area contributed by atoms with Gasteiger partial charge < -0.3 is 10.2 Å². The van der Waals surface area contributed by atoms with Gasteiger partial charge in [-0.05, 0) is 42.7 Å². The van der Waals surface area contributed by atoms with E-state index in [0.717, 1.165) is 19.1 Å². The second-order valence-corrected chi connectivity index (χ2v) is 6.97. The summed E-state index contributed by atoms with van der Waals surface area (Å²) < 4.78 is 0. The van der Waals surface area contributed by atoms with E-state index in [1.807, 2.05) is 0 Å². The van der Waals surface area contributed by atoms with Gasteiger partial charge in [-0.15, -0.1) is 0 Å². The average molecular weight is 258 g/mol. The second kappa shape index (κ2) is 5.16. The summed E-state index contributed by atoms with van der Waals surface area (Å²) in [7, 11) is 0. The van der Waals surface area contributed by atoms with Crippen LogP contribution in [0.1, 0.15) is 38.7 Å². The van der Waals surface area contributed by atoms with Crippen LogP contribution in [0.3, 0.4) is 0 Å². The lowest BCUT2D eigenvalue weighted by molar-refractivity contribution is 0.337. The summed E-state index contributed by atoms with van der Waals surface area (Å²) in [5.41, 5.74) is 3.33. The Bertz CT molecular complexity index is 435. The molecule has 1 heterocycles. The van der Waals surface area contributed by atoms with E-state index < -0.39 is 0 Å². The highest BCUT2D eigenvalue weighted by atomic mass is 15.1. The maximum absolute atomic E-state index is 3.68. The first-order chi connectivity index (χ1) is 9.14. The van der Waals surface area contributed by atoms with Crippen LogP contribution in [0.15, 0.2) is 24.3 Å². The number of aryl methyl sites for hydroxylation is 1. The van der Waals surface area contributed by atoms with Gasteiger partial charge in [-0.25, -0.2) is 0 Å². The summed E-state index contributed by atoms with van der Waals surface area (Å²) in [4.78, 5) is 2.59. The first-order valence-electron chi connectivity index (χ1n) is 7.70. The summed E-state index contributed by atoms with van der Waals surface area (Å²) in [6, 6.07) is 9.73. The molecule has 0 aromatic heterocycles. The third kappa shape index (κ3) is 3.30. The molecule has 1 aromatic carbocycles. The largest absolute Gasteiger partial charge is 0.371 e. The van der Waals surface area contributed by atoms with Crippen LogP contribution < -0.4 is 10.2 Å². The van der Waals surface area contributed by atoms with E-state index in [9.17, 15) is 0 Å². The average Bonchev–Trinajstić information content (AvgIpc) is 3.21. The summed E-state index contributed by atoms with van der Waals surface area (Å²) in [6.45, 7) is 8.28. The molecule has 0 radical (unpaired) electrons. The van der Waals surface area contributed by atoms with Crippen molar-refractivity contribution in [1.82, 2.24) is 5.32 Å². The Morgan fingerprint density at radius 2 is 2.05 bits per heavy atom. The molecule has 1 saturated carbocycles. The minimum atomic E-state index is 0.340. The number of hydrogen-bond donors (Lipinski definition) is 1. The van der Waals surface area contributed by atoms with Crippen LogP contribution in [0.2, 0.25) is 0 Å². The summed E-state index contributed by atoms with van der Waals surface area (Å²) >= 11 is 0. The van der Waals surface area contributed by atoms with Crippen molar-refractivity contribution in [3.05, 3.63) is 29.8 Å². The van der Waals surface area contributed by atoms with E-state index in [1.165, 1.54) is 43.5 Å². The first-order valence-corrected chi connectivity index (χ1v) is 7.70. The third-order valence-electron chi connectivity index (χ3n) is 4.27. The van der Waals surface area contributed by atoms with Crippen LogP contribution in [0, 0.1) is 5.41 Å². The molecule has 0 spiro atoms. The van der Waals surface area contributed by atoms with Crippen LogP contribution in [0.25, 0.3) is 0 Å². The van der Waals surface area contributed by atoms with Gasteiger partial charge in [0.25, 0.3) is 0 Å². The SMILES string of the molecule is CC(C)(CNC1CC1)CN1CCCc2ccccc21. The van der Waals surface area contributed by atoms with Crippen molar-refractivity contribution >= 4 is 5.69 Å². The molecule has 1 aromatic rings. The van der Waals surface area contributed by atoms with Crippen LogP contribution in [0.4, 0.5) is 5.69 Å². The van der Waals surface area contributed by atoms with E-state index in [4.69, 9.17) is 0 Å². The molecule has 2 aliphatic rings. The van der Waals surface area contributed by atoms with Crippen molar-refractivity contribution < 1.29 is 0 Å². The van der Waals surface area contributed by atoms with Crippen LogP contribution in [0.5, 0.6) is 0 Å². The Kier molecular flexibility index (Phi) is 3.53. The molecule has 1 aliphatic heterocycles. The molecule has 0 amide bonds. The Balaban J connectivity index is 1.65. The van der Waals surface area contributed by atoms with Gasteiger partial charge in [0.05, 0.1) is 0 Å². The zero-order valence-electron chi connectivity index (χ0n) is 12.3. The van der Waals surface area contributed by atoms with Gasteiger partial charge in [0.15, 0.2) is 0 Å². The number of fused-ring (bicyclic) bond motifs is 1. The first kappa shape index (κ1) is 13.0. The highest BCUT2D eigenvalue weighted by molar-refractivity contribution is 5.55. The molecule has 1 fully saturated rings. The van der Waals surface area contributed by atoms with Gasteiger partial charge in [0, 0.05) is 31.4 Å². The van der Waals surface area contributed by atoms with Crippen molar-refractivity contribution in [3.8, 4) is 0 Å². The van der Waals surface area contributed by atoms with Crippen molar-refractivity contribution in [1.29, 1.82) is 0 Å². The van der Waals surface area contributed by atoms with Gasteiger partial charge in [-0.2, -0.15) is 0 Å². The molecule has 1 N–H and O–H groups in total. The molecular weight excluding hydrogens is 232 g/mol. The number of benzene rings is 1. The molecule has 1 aliphatic carbocycles. The van der Waals surface area contributed by atoms with E-state index in [2.05, 4.69) is 48.3 Å². The van der Waals surface area contributed by atoms with E-state index >= 15 is 0 Å². The molecule has 0 bridgehead atoms. The smallest absolute Gasteiger partial charge is 0.0398 e. The lowest BCUT2D eigenvalue weighted by Gasteiger charge is -2.38. The van der Waals surface area contributed by atoms with Gasteiger partial charge in [0.2, 0.25) is 0 Å². The van der Waals surface area contributed by atoms with Crippen LogP contribution >= 0.6 is 0 Å². The fourth-order valence-corrected chi connectivity index (χ4v) is 3.06. The summed E-state index contributed by atoms with van der Waals surface area (Å²) in [5, 5.41) is 3.68. The fourth-order valence-electron chi connectivity index (χ4n) is 3.06. The minimum Gasteiger partial charge on any atom is -0.371 e. The third-order valence-corrected chi connectivity index (χ3v) is 4.27. The standard InChI is InChI=1S/C17H26N2/c1-17(2,12-18-15-9-10-15)13-19-11-5-7-14-6-3-4-8-16(14)19/h3-4,6,8,15,18H,5,7,9-13H2,1-2H3. The normalized spacial score (nSPS) is 19.4. The lowest BCUT2D eigenvalue weighted by atomic mass is 9.90. The number of rotatable bonds is 5. The molecule has 104 valence electrons. The van der Waals surface area contributed by atoms with Crippen molar-refractivity contribution in [3.63, 3.8) is 0 Å². The van der Waals surface area contributed by atoms with E-state index in [0.29, 0.717) is 5.41 Å². The van der Waals surface area contributed by atoms with Gasteiger partial charge in [0.1, 0.15) is 0 Å². The minimum absolute atomic E-state index is 0.340. The van der Waals surface area contributed by atoms with E-state index in [1.54, 1.807) is 0 Å². The van der Waals surface area contributed by atoms with Gasteiger partial charge in [-0.3, -0.25) is 0 Å². The highest BCUT2D eigenvalue weighted by Crippen LogP contribution is 2.30. The van der Waals surface area contributed by atoms with Gasteiger partial charge >= 0.3 is 0 Å². The Morgan fingerprint density at radius 1 is 1.26 bits per heavy atom. The number of hydrogen-bond acceptors (Lipinski definition) is 2. The predicted molar refractivity (Wildman–Crippen MR) is 81.8 cm³/mol. The zero-order chi connectivity index (χ0) is 13.3. The topological polar surface area (TPSA) is 15.3 Å². The summed E-state index contributed by atoms with van der Waals surface area (Å²) in [6.07, 6.45) is 5.29. The fraction of sp³-hybridized carbons (Fsp3) is 0.647. The van der Waals surface area contributed by atoms with Crippen LogP contribution in [-0.2, 0) is 6.42 Å². The number of anilines is 1. The predicted octanol–water partition coefficient (Wildman–Crippen LogP) is 3.22. The van der Waals surface area contributed by atoms with Gasteiger partial charge in [-0.1, -0.05) is 32.0 Å². The second-order valence-electron chi connectivity index (χ2n) is 6.97. The molecule has 2 heteroatoms. The lowest BCUT2D eigenvalue weighted by Crippen LogP contribution is -2.43. The molecular formula is C17H26N2. The molecule has 0 unspecified atom stereocenters. The monoisotopic (exact) mass is 258 g/mol. The Morgan fingerprint density at radius 3 is 2.84 bits per heavy atom. The molecule has 2 nitrogen and oxygen atoms in total. The molecule has 0 saturated heterocycles. The maximum Gasteiger partial charge on any atom is 0.0398 e.